The summed E-state index contributed by atoms with van der Waals surface area (Å²) in [5, 5.41) is 0. The number of hydrogen-bond donors (Lipinski definition) is 0. The third-order valence-corrected chi connectivity index (χ3v) is 2.47. The van der Waals surface area contributed by atoms with Crippen LogP contribution in [0.2, 0.25) is 0 Å². The first-order valence-corrected chi connectivity index (χ1v) is 5.21. The van der Waals surface area contributed by atoms with Crippen molar-refractivity contribution in [2.24, 2.45) is 5.92 Å². The summed E-state index contributed by atoms with van der Waals surface area (Å²) in [6.45, 7) is 0.902. The third-order valence-electron chi connectivity index (χ3n) is 2.47. The van der Waals surface area contributed by atoms with Gasteiger partial charge in [-0.1, -0.05) is 5.92 Å². The molecule has 1 aliphatic carbocycles. The molecule has 1 nitrogen and oxygen atoms in total. The van der Waals surface area contributed by atoms with Crippen LogP contribution in [0.3, 0.4) is 0 Å². The fourth-order valence-corrected chi connectivity index (χ4v) is 1.63. The van der Waals surface area contributed by atoms with E-state index in [9.17, 15) is 0 Å². The van der Waals surface area contributed by atoms with Crippen LogP contribution < -0.4 is 0 Å². The monoisotopic (exact) mass is 178 g/mol. The van der Waals surface area contributed by atoms with Crippen LogP contribution in [-0.4, -0.2) is 25.5 Å². The maximum atomic E-state index is 3.28. The Kier molecular flexibility index (Phi) is 4.93. The average Bonchev–Trinajstić information content (AvgIpc) is 2.14. The molecule has 0 aromatic rings. The van der Waals surface area contributed by atoms with Gasteiger partial charge in [0.2, 0.25) is 0 Å². The molecule has 0 aromatic carbocycles. The highest BCUT2D eigenvalue weighted by Crippen LogP contribution is 2.24. The lowest BCUT2D eigenvalue weighted by atomic mass is 9.87. The van der Waals surface area contributed by atoms with E-state index in [1.54, 1.807) is 0 Å². The number of hydrogen-bond acceptors (Lipinski definition) is 1. The Hall–Kier alpha value is -0.480. The Morgan fingerprint density at radius 2 is 1.92 bits per heavy atom. The van der Waals surface area contributed by atoms with Crippen LogP contribution >= 0.6 is 0 Å². The minimum atomic E-state index is 0.875. The molecule has 0 spiro atoms. The van der Waals surface area contributed by atoms with Gasteiger partial charge in [0.05, 0.1) is 6.54 Å². The van der Waals surface area contributed by atoms with Crippen molar-refractivity contribution in [2.45, 2.75) is 32.1 Å². The topological polar surface area (TPSA) is 3.24 Å². The lowest BCUT2D eigenvalue weighted by Gasteiger charge is -2.18. The van der Waals surface area contributed by atoms with E-state index in [1.165, 1.54) is 25.7 Å². The molecular formula is C12H20N. The zero-order valence-electron chi connectivity index (χ0n) is 8.84. The quantitative estimate of drug-likeness (QED) is 0.587. The van der Waals surface area contributed by atoms with Crippen molar-refractivity contribution in [3.63, 3.8) is 0 Å². The van der Waals surface area contributed by atoms with E-state index in [1.807, 2.05) is 0 Å². The minimum absolute atomic E-state index is 0.875. The normalized spacial score (nSPS) is 18.4. The predicted molar refractivity (Wildman–Crippen MR) is 57.2 cm³/mol. The van der Waals surface area contributed by atoms with E-state index in [0.717, 1.165) is 18.9 Å². The summed E-state index contributed by atoms with van der Waals surface area (Å²) in [6, 6.07) is 0. The molecule has 0 heterocycles. The Bertz CT molecular complexity index is 179. The third kappa shape index (κ3) is 4.95. The molecule has 1 saturated carbocycles. The summed E-state index contributed by atoms with van der Waals surface area (Å²) in [5.74, 6) is 7.35. The summed E-state index contributed by atoms with van der Waals surface area (Å²) < 4.78 is 0. The van der Waals surface area contributed by atoms with Gasteiger partial charge in [0.1, 0.15) is 0 Å². The van der Waals surface area contributed by atoms with Gasteiger partial charge >= 0.3 is 0 Å². The van der Waals surface area contributed by atoms with Gasteiger partial charge < -0.3 is 0 Å². The lowest BCUT2D eigenvalue weighted by Crippen LogP contribution is -2.11. The maximum Gasteiger partial charge on any atom is 0.0596 e. The van der Waals surface area contributed by atoms with E-state index in [0.29, 0.717) is 0 Å². The van der Waals surface area contributed by atoms with Crippen LogP contribution in [0.1, 0.15) is 32.1 Å². The highest BCUT2D eigenvalue weighted by Gasteiger charge is 2.11. The van der Waals surface area contributed by atoms with Crippen LogP contribution in [0.15, 0.2) is 0 Å². The molecule has 0 amide bonds. The lowest BCUT2D eigenvalue weighted by molar-refractivity contribution is 0.413. The molecule has 0 saturated heterocycles. The second-order valence-electron chi connectivity index (χ2n) is 4.10. The Morgan fingerprint density at radius 3 is 2.54 bits per heavy atom. The largest absolute Gasteiger partial charge is 0.299 e. The fourth-order valence-electron chi connectivity index (χ4n) is 1.63. The van der Waals surface area contributed by atoms with Crippen molar-refractivity contribution in [3.05, 3.63) is 6.42 Å². The molecular weight excluding hydrogens is 158 g/mol. The molecule has 13 heavy (non-hydrogen) atoms. The van der Waals surface area contributed by atoms with Gasteiger partial charge in [-0.25, -0.2) is 0 Å². The van der Waals surface area contributed by atoms with Gasteiger partial charge in [-0.05, 0) is 52.1 Å². The Balaban J connectivity index is 2.11. The molecule has 0 aliphatic heterocycles. The van der Waals surface area contributed by atoms with Gasteiger partial charge in [0, 0.05) is 6.42 Å². The van der Waals surface area contributed by atoms with Gasteiger partial charge in [-0.2, -0.15) is 0 Å². The zero-order chi connectivity index (χ0) is 9.52. The van der Waals surface area contributed by atoms with Crippen molar-refractivity contribution < 1.29 is 0 Å². The summed E-state index contributed by atoms with van der Waals surface area (Å²) in [5.41, 5.74) is 0. The van der Waals surface area contributed by atoms with Crippen molar-refractivity contribution in [3.8, 4) is 11.8 Å². The smallest absolute Gasteiger partial charge is 0.0596 e. The van der Waals surface area contributed by atoms with Crippen LogP contribution in [0.25, 0.3) is 0 Å². The van der Waals surface area contributed by atoms with Crippen molar-refractivity contribution in [2.75, 3.05) is 20.6 Å². The summed E-state index contributed by atoms with van der Waals surface area (Å²) >= 11 is 0. The van der Waals surface area contributed by atoms with Crippen molar-refractivity contribution in [1.82, 2.24) is 4.90 Å². The molecule has 0 unspecified atom stereocenters. The molecule has 0 bridgehead atoms. The molecule has 0 atom stereocenters. The molecule has 1 heteroatoms. The van der Waals surface area contributed by atoms with E-state index in [4.69, 9.17) is 0 Å². The van der Waals surface area contributed by atoms with Gasteiger partial charge in [0.15, 0.2) is 0 Å². The van der Waals surface area contributed by atoms with Gasteiger partial charge in [-0.3, -0.25) is 4.90 Å². The van der Waals surface area contributed by atoms with E-state index >= 15 is 0 Å². The fraction of sp³-hybridized carbons (Fsp3) is 0.750. The number of rotatable bonds is 2. The standard InChI is InChI=1S/C12H20N/c1-13(2)11-7-6-10-12-8-4-3-5-9-12/h3,12H,4-5,8-11H2,1-2H3. The SMILES string of the molecule is CN(C)CC#CCC1CC[CH]CC1. The maximum absolute atomic E-state index is 3.28. The predicted octanol–water partition coefficient (Wildman–Crippen LogP) is 2.34. The second-order valence-corrected chi connectivity index (χ2v) is 4.10. The van der Waals surface area contributed by atoms with Crippen LogP contribution in [0.4, 0.5) is 0 Å². The van der Waals surface area contributed by atoms with Crippen LogP contribution in [0, 0.1) is 24.2 Å². The minimum Gasteiger partial charge on any atom is -0.299 e. The van der Waals surface area contributed by atoms with E-state index in [2.05, 4.69) is 37.3 Å². The molecule has 1 rings (SSSR count). The average molecular weight is 178 g/mol. The Labute approximate surface area is 82.5 Å². The molecule has 0 aromatic heterocycles. The van der Waals surface area contributed by atoms with Crippen molar-refractivity contribution >= 4 is 0 Å². The van der Waals surface area contributed by atoms with Crippen LogP contribution in [-0.2, 0) is 0 Å². The first kappa shape index (κ1) is 10.6. The molecule has 1 radical (unpaired) electrons. The summed E-state index contributed by atoms with van der Waals surface area (Å²) in [7, 11) is 4.12. The number of nitrogens with zero attached hydrogens (tertiary/aromatic N) is 1. The summed E-state index contributed by atoms with van der Waals surface area (Å²) in [6.07, 6.45) is 8.85. The van der Waals surface area contributed by atoms with Gasteiger partial charge in [0.25, 0.3) is 0 Å². The van der Waals surface area contributed by atoms with E-state index < -0.39 is 0 Å². The molecule has 1 aliphatic rings. The van der Waals surface area contributed by atoms with Crippen molar-refractivity contribution in [1.29, 1.82) is 0 Å². The second kappa shape index (κ2) is 6.05. The molecule has 0 N–H and O–H groups in total. The first-order valence-electron chi connectivity index (χ1n) is 5.21. The first-order chi connectivity index (χ1) is 6.29. The Morgan fingerprint density at radius 1 is 1.23 bits per heavy atom. The van der Waals surface area contributed by atoms with Crippen LogP contribution in [0.5, 0.6) is 0 Å². The summed E-state index contributed by atoms with van der Waals surface area (Å²) in [4.78, 5) is 2.11. The molecule has 1 fully saturated rings. The zero-order valence-corrected chi connectivity index (χ0v) is 8.84. The molecule has 73 valence electrons. The van der Waals surface area contributed by atoms with E-state index in [-0.39, 0.29) is 0 Å². The highest BCUT2D eigenvalue weighted by atomic mass is 15.0. The highest BCUT2D eigenvalue weighted by molar-refractivity contribution is 5.02. The van der Waals surface area contributed by atoms with Gasteiger partial charge in [-0.15, -0.1) is 5.92 Å².